The zero-order valence-electron chi connectivity index (χ0n) is 15.7. The molecule has 7 nitrogen and oxygen atoms in total. The Bertz CT molecular complexity index is 696. The molecule has 2 saturated heterocycles. The number of benzene rings is 1. The van der Waals surface area contributed by atoms with Crippen molar-refractivity contribution in [1.82, 2.24) is 14.1 Å². The number of hydrogen-bond donors (Lipinski definition) is 0. The first-order valence-electron chi connectivity index (χ1n) is 9.18. The fourth-order valence-electron chi connectivity index (χ4n) is 3.46. The summed E-state index contributed by atoms with van der Waals surface area (Å²) in [5.41, 5.74) is 0.831. The molecule has 0 amide bonds. The van der Waals surface area contributed by atoms with E-state index in [2.05, 4.69) is 9.80 Å². The molecule has 0 unspecified atom stereocenters. The molecule has 146 valence electrons. The zero-order chi connectivity index (χ0) is 18.6. The minimum absolute atomic E-state index is 0.345. The number of nitrogens with zero attached hydrogens (tertiary/aromatic N) is 3. The van der Waals surface area contributed by atoms with Crippen molar-refractivity contribution in [1.29, 1.82) is 0 Å². The first-order chi connectivity index (χ1) is 12.5. The van der Waals surface area contributed by atoms with Gasteiger partial charge in [-0.25, -0.2) is 8.42 Å². The van der Waals surface area contributed by atoms with Gasteiger partial charge in [0.15, 0.2) is 0 Å². The van der Waals surface area contributed by atoms with Gasteiger partial charge in [-0.05, 0) is 30.7 Å². The van der Waals surface area contributed by atoms with Crippen molar-refractivity contribution in [3.63, 3.8) is 0 Å². The lowest BCUT2D eigenvalue weighted by Gasteiger charge is -2.35. The van der Waals surface area contributed by atoms with E-state index in [1.165, 1.54) is 0 Å². The average molecular weight is 384 g/mol. The molecule has 0 N–H and O–H groups in total. The van der Waals surface area contributed by atoms with E-state index in [4.69, 9.17) is 9.47 Å². The van der Waals surface area contributed by atoms with Crippen LogP contribution < -0.4 is 4.74 Å². The number of methoxy groups -OCH3 is 1. The highest BCUT2D eigenvalue weighted by Gasteiger charge is 2.29. The lowest BCUT2D eigenvalue weighted by molar-refractivity contribution is 0.0317. The predicted octanol–water partition coefficient (Wildman–Crippen LogP) is 0.642. The largest absolute Gasteiger partial charge is 0.496 e. The van der Waals surface area contributed by atoms with E-state index in [1.54, 1.807) is 29.6 Å². The lowest BCUT2D eigenvalue weighted by atomic mass is 10.2. The molecule has 3 rings (SSSR count). The molecule has 2 fully saturated rings. The minimum Gasteiger partial charge on any atom is -0.496 e. The van der Waals surface area contributed by atoms with E-state index in [9.17, 15) is 8.42 Å². The summed E-state index contributed by atoms with van der Waals surface area (Å²) in [7, 11) is -1.85. The minimum atomic E-state index is -3.44. The Kier molecular flexibility index (Phi) is 6.52. The molecule has 0 radical (unpaired) electrons. The quantitative estimate of drug-likeness (QED) is 0.719. The third kappa shape index (κ3) is 4.55. The number of sulfonamides is 1. The maximum Gasteiger partial charge on any atom is 0.243 e. The highest BCUT2D eigenvalue weighted by atomic mass is 32.2. The Morgan fingerprint density at radius 1 is 1.00 bits per heavy atom. The molecule has 2 aliphatic heterocycles. The predicted molar refractivity (Wildman–Crippen MR) is 100 cm³/mol. The van der Waals surface area contributed by atoms with Crippen LogP contribution in [-0.4, -0.2) is 95.2 Å². The SMILES string of the molecule is COc1ccc(S(=O)(=O)N2CCN(CCN3CCOCC3)CC2)cc1C. The molecule has 8 heteroatoms. The molecule has 26 heavy (non-hydrogen) atoms. The normalized spacial score (nSPS) is 21.0. The summed E-state index contributed by atoms with van der Waals surface area (Å²) in [5.74, 6) is 0.705. The van der Waals surface area contributed by atoms with Gasteiger partial charge < -0.3 is 9.47 Å². The van der Waals surface area contributed by atoms with Crippen molar-refractivity contribution < 1.29 is 17.9 Å². The molecule has 0 atom stereocenters. The van der Waals surface area contributed by atoms with Gasteiger partial charge in [0.2, 0.25) is 10.0 Å². The van der Waals surface area contributed by atoms with Gasteiger partial charge >= 0.3 is 0 Å². The first kappa shape index (κ1) is 19.6. The van der Waals surface area contributed by atoms with E-state index >= 15 is 0 Å². The molecule has 1 aromatic rings. The second-order valence-corrected chi connectivity index (χ2v) is 8.77. The molecule has 0 aliphatic carbocycles. The van der Waals surface area contributed by atoms with Crippen LogP contribution in [0.15, 0.2) is 23.1 Å². The Balaban J connectivity index is 1.54. The maximum absolute atomic E-state index is 12.9. The Morgan fingerprint density at radius 2 is 1.62 bits per heavy atom. The van der Waals surface area contributed by atoms with Crippen LogP contribution in [0.25, 0.3) is 0 Å². The fourth-order valence-corrected chi connectivity index (χ4v) is 4.97. The number of morpholine rings is 1. The van der Waals surface area contributed by atoms with Crippen molar-refractivity contribution in [2.75, 3.05) is 72.7 Å². The Hall–Kier alpha value is -1.19. The van der Waals surface area contributed by atoms with Gasteiger partial charge in [0, 0.05) is 52.4 Å². The van der Waals surface area contributed by atoms with Gasteiger partial charge in [-0.3, -0.25) is 9.80 Å². The average Bonchev–Trinajstić information content (AvgIpc) is 2.67. The van der Waals surface area contributed by atoms with E-state index in [0.717, 1.165) is 58.0 Å². The van der Waals surface area contributed by atoms with Crippen molar-refractivity contribution in [2.45, 2.75) is 11.8 Å². The van der Waals surface area contributed by atoms with Gasteiger partial charge in [0.05, 0.1) is 25.2 Å². The summed E-state index contributed by atoms with van der Waals surface area (Å²) >= 11 is 0. The molecule has 0 bridgehead atoms. The number of piperazine rings is 1. The standard InChI is InChI=1S/C18H29N3O4S/c1-16-15-17(3-4-18(16)24-2)26(22,23)21-9-7-19(8-10-21)5-6-20-11-13-25-14-12-20/h3-4,15H,5-14H2,1-2H3. The molecular formula is C18H29N3O4S. The van der Waals surface area contributed by atoms with Crippen LogP contribution >= 0.6 is 0 Å². The Labute approximate surface area is 156 Å². The van der Waals surface area contributed by atoms with Gasteiger partial charge in [-0.2, -0.15) is 4.31 Å². The Morgan fingerprint density at radius 3 is 2.19 bits per heavy atom. The highest BCUT2D eigenvalue weighted by Crippen LogP contribution is 2.24. The van der Waals surface area contributed by atoms with E-state index < -0.39 is 10.0 Å². The number of ether oxygens (including phenoxy) is 2. The summed E-state index contributed by atoms with van der Waals surface area (Å²) in [4.78, 5) is 5.10. The molecule has 0 aromatic heterocycles. The molecule has 1 aromatic carbocycles. The van der Waals surface area contributed by atoms with Crippen LogP contribution in [0, 0.1) is 6.92 Å². The second-order valence-electron chi connectivity index (χ2n) is 6.83. The molecule has 2 heterocycles. The van der Waals surface area contributed by atoms with Gasteiger partial charge in [-0.1, -0.05) is 0 Å². The second kappa shape index (κ2) is 8.67. The lowest BCUT2D eigenvalue weighted by Crippen LogP contribution is -2.50. The van der Waals surface area contributed by atoms with E-state index in [0.29, 0.717) is 23.7 Å². The van der Waals surface area contributed by atoms with Crippen molar-refractivity contribution in [2.24, 2.45) is 0 Å². The van der Waals surface area contributed by atoms with E-state index in [1.807, 2.05) is 6.92 Å². The number of aryl methyl sites for hydroxylation is 1. The van der Waals surface area contributed by atoms with Gasteiger partial charge in [-0.15, -0.1) is 0 Å². The van der Waals surface area contributed by atoms with Gasteiger partial charge in [0.1, 0.15) is 5.75 Å². The van der Waals surface area contributed by atoms with Crippen LogP contribution in [0.1, 0.15) is 5.56 Å². The van der Waals surface area contributed by atoms with Crippen molar-refractivity contribution in [3.8, 4) is 5.75 Å². The molecular weight excluding hydrogens is 354 g/mol. The number of hydrogen-bond acceptors (Lipinski definition) is 6. The van der Waals surface area contributed by atoms with Crippen molar-refractivity contribution in [3.05, 3.63) is 23.8 Å². The van der Waals surface area contributed by atoms with Crippen LogP contribution in [0.4, 0.5) is 0 Å². The molecule has 0 saturated carbocycles. The molecule has 0 spiro atoms. The van der Waals surface area contributed by atoms with Crippen LogP contribution in [0.2, 0.25) is 0 Å². The number of rotatable bonds is 6. The summed E-state index contributed by atoms with van der Waals surface area (Å²) in [6, 6.07) is 5.05. The fraction of sp³-hybridized carbons (Fsp3) is 0.667. The molecule has 2 aliphatic rings. The first-order valence-corrected chi connectivity index (χ1v) is 10.6. The van der Waals surface area contributed by atoms with Crippen LogP contribution in [-0.2, 0) is 14.8 Å². The van der Waals surface area contributed by atoms with E-state index in [-0.39, 0.29) is 0 Å². The highest BCUT2D eigenvalue weighted by molar-refractivity contribution is 7.89. The van der Waals surface area contributed by atoms with Crippen LogP contribution in [0.5, 0.6) is 5.75 Å². The third-order valence-electron chi connectivity index (χ3n) is 5.17. The van der Waals surface area contributed by atoms with Crippen molar-refractivity contribution >= 4 is 10.0 Å². The van der Waals surface area contributed by atoms with Gasteiger partial charge in [0.25, 0.3) is 0 Å². The summed E-state index contributed by atoms with van der Waals surface area (Å²) in [5, 5.41) is 0. The maximum atomic E-state index is 12.9. The smallest absolute Gasteiger partial charge is 0.243 e. The summed E-state index contributed by atoms with van der Waals surface area (Å²) < 4.78 is 38.0. The summed E-state index contributed by atoms with van der Waals surface area (Å²) in [6.07, 6.45) is 0. The topological polar surface area (TPSA) is 62.3 Å². The van der Waals surface area contributed by atoms with Crippen LogP contribution in [0.3, 0.4) is 0 Å². The zero-order valence-corrected chi connectivity index (χ0v) is 16.5. The monoisotopic (exact) mass is 383 g/mol. The third-order valence-corrected chi connectivity index (χ3v) is 7.07. The summed E-state index contributed by atoms with van der Waals surface area (Å²) in [6.45, 7) is 10.1.